The summed E-state index contributed by atoms with van der Waals surface area (Å²) in [4.78, 5) is 0. The van der Waals surface area contributed by atoms with Crippen LogP contribution >= 0.6 is 0 Å². The van der Waals surface area contributed by atoms with Gasteiger partial charge in [-0.2, -0.15) is 5.10 Å². The van der Waals surface area contributed by atoms with Crippen LogP contribution in [0.5, 0.6) is 5.75 Å². The van der Waals surface area contributed by atoms with Crippen molar-refractivity contribution in [2.75, 3.05) is 13.7 Å². The Morgan fingerprint density at radius 3 is 2.60 bits per heavy atom. The van der Waals surface area contributed by atoms with Crippen molar-refractivity contribution < 1.29 is 4.74 Å². The van der Waals surface area contributed by atoms with E-state index >= 15 is 0 Å². The third-order valence-electron chi connectivity index (χ3n) is 3.57. The second-order valence-electron chi connectivity index (χ2n) is 4.85. The van der Waals surface area contributed by atoms with Gasteiger partial charge >= 0.3 is 0 Å². The van der Waals surface area contributed by atoms with Gasteiger partial charge in [0, 0.05) is 24.3 Å². The van der Waals surface area contributed by atoms with Crippen LogP contribution in [0.3, 0.4) is 0 Å². The zero-order chi connectivity index (χ0) is 14.4. The van der Waals surface area contributed by atoms with E-state index in [1.807, 2.05) is 23.0 Å². The van der Waals surface area contributed by atoms with Crippen LogP contribution in [-0.4, -0.2) is 23.4 Å². The van der Waals surface area contributed by atoms with Gasteiger partial charge in [0.15, 0.2) is 0 Å². The Morgan fingerprint density at radius 1 is 1.25 bits per heavy atom. The van der Waals surface area contributed by atoms with Gasteiger partial charge in [-0.05, 0) is 44.5 Å². The summed E-state index contributed by atoms with van der Waals surface area (Å²) in [5.41, 5.74) is 3.85. The van der Waals surface area contributed by atoms with Crippen LogP contribution in [0.2, 0.25) is 0 Å². The summed E-state index contributed by atoms with van der Waals surface area (Å²) in [7, 11) is 1.69. The summed E-state index contributed by atoms with van der Waals surface area (Å²) in [6.45, 7) is 7.00. The number of aromatic nitrogens is 2. The molecule has 0 saturated carbocycles. The van der Waals surface area contributed by atoms with Gasteiger partial charge in [-0.3, -0.25) is 4.68 Å². The number of hydrogen-bond acceptors (Lipinski definition) is 3. The molecular weight excluding hydrogens is 250 g/mol. The fraction of sp³-hybridized carbons (Fsp3) is 0.438. The largest absolute Gasteiger partial charge is 0.497 e. The van der Waals surface area contributed by atoms with Crippen LogP contribution in [0.15, 0.2) is 30.5 Å². The van der Waals surface area contributed by atoms with Crippen molar-refractivity contribution in [3.63, 3.8) is 0 Å². The Kier molecular flexibility index (Phi) is 5.18. The number of methoxy groups -OCH3 is 1. The number of hydrogen-bond donors (Lipinski definition) is 1. The second kappa shape index (κ2) is 7.10. The molecule has 0 aliphatic heterocycles. The van der Waals surface area contributed by atoms with Gasteiger partial charge < -0.3 is 10.1 Å². The molecule has 0 unspecified atom stereocenters. The maximum atomic E-state index is 5.15. The van der Waals surface area contributed by atoms with Gasteiger partial charge in [0.05, 0.1) is 13.3 Å². The monoisotopic (exact) mass is 273 g/mol. The van der Waals surface area contributed by atoms with E-state index in [2.05, 4.69) is 36.4 Å². The average molecular weight is 273 g/mol. The van der Waals surface area contributed by atoms with Crippen molar-refractivity contribution in [1.29, 1.82) is 0 Å². The summed E-state index contributed by atoms with van der Waals surface area (Å²) in [6, 6.07) is 8.23. The number of nitrogens with zero attached hydrogens (tertiary/aromatic N) is 2. The zero-order valence-electron chi connectivity index (χ0n) is 12.5. The van der Waals surface area contributed by atoms with Crippen LogP contribution in [0.25, 0.3) is 0 Å². The number of nitrogens with one attached hydrogen (secondary N) is 1. The topological polar surface area (TPSA) is 39.1 Å². The molecule has 4 heteroatoms. The zero-order valence-corrected chi connectivity index (χ0v) is 12.5. The predicted octanol–water partition coefficient (Wildman–Crippen LogP) is 2.55. The maximum Gasteiger partial charge on any atom is 0.118 e. The molecule has 0 fully saturated rings. The molecule has 0 atom stereocenters. The molecule has 0 radical (unpaired) electrons. The molecule has 0 bridgehead atoms. The second-order valence-corrected chi connectivity index (χ2v) is 4.85. The third kappa shape index (κ3) is 3.61. The normalized spacial score (nSPS) is 10.8. The van der Waals surface area contributed by atoms with Gasteiger partial charge in [0.25, 0.3) is 0 Å². The highest BCUT2D eigenvalue weighted by Gasteiger charge is 2.04. The Morgan fingerprint density at radius 2 is 2.00 bits per heavy atom. The minimum absolute atomic E-state index is 0.877. The molecule has 4 nitrogen and oxygen atoms in total. The molecule has 1 aromatic heterocycles. The first-order chi connectivity index (χ1) is 9.74. The first-order valence-corrected chi connectivity index (χ1v) is 7.09. The van der Waals surface area contributed by atoms with E-state index in [0.717, 1.165) is 31.8 Å². The Labute approximate surface area is 120 Å². The highest BCUT2D eigenvalue weighted by Crippen LogP contribution is 2.11. The summed E-state index contributed by atoms with van der Waals surface area (Å²) < 4.78 is 7.18. The summed E-state index contributed by atoms with van der Waals surface area (Å²) in [6.07, 6.45) is 2.98. The van der Waals surface area contributed by atoms with E-state index in [0.29, 0.717) is 0 Å². The molecule has 0 saturated heterocycles. The van der Waals surface area contributed by atoms with Crippen LogP contribution in [0, 0.1) is 6.92 Å². The molecule has 20 heavy (non-hydrogen) atoms. The van der Waals surface area contributed by atoms with Crippen molar-refractivity contribution in [3.8, 4) is 5.75 Å². The van der Waals surface area contributed by atoms with Gasteiger partial charge in [-0.25, -0.2) is 0 Å². The van der Waals surface area contributed by atoms with Gasteiger partial charge in [0.1, 0.15) is 5.75 Å². The van der Waals surface area contributed by atoms with Crippen LogP contribution in [0.1, 0.15) is 23.7 Å². The van der Waals surface area contributed by atoms with E-state index in [-0.39, 0.29) is 0 Å². The Balaban J connectivity index is 1.76. The standard InChI is InChI=1S/C16H23N3O/c1-4-19-13(2)15(12-18-19)11-17-10-9-14-5-7-16(20-3)8-6-14/h5-8,12,17H,4,9-11H2,1-3H3. The fourth-order valence-electron chi connectivity index (χ4n) is 2.23. The van der Waals surface area contributed by atoms with Crippen molar-refractivity contribution in [2.45, 2.75) is 33.4 Å². The van der Waals surface area contributed by atoms with Gasteiger partial charge in [-0.1, -0.05) is 12.1 Å². The molecule has 0 spiro atoms. The molecular formula is C16H23N3O. The van der Waals surface area contributed by atoms with Gasteiger partial charge in [-0.15, -0.1) is 0 Å². The van der Waals surface area contributed by atoms with Crippen LogP contribution in [0.4, 0.5) is 0 Å². The van der Waals surface area contributed by atoms with Crippen molar-refractivity contribution in [2.24, 2.45) is 0 Å². The minimum atomic E-state index is 0.877. The Bertz CT molecular complexity index is 531. The molecule has 0 aliphatic carbocycles. The lowest BCUT2D eigenvalue weighted by atomic mass is 10.1. The molecule has 1 heterocycles. The summed E-state index contributed by atoms with van der Waals surface area (Å²) in [5.74, 6) is 0.907. The molecule has 0 aliphatic rings. The summed E-state index contributed by atoms with van der Waals surface area (Å²) in [5, 5.41) is 7.83. The van der Waals surface area contributed by atoms with Crippen molar-refractivity contribution in [3.05, 3.63) is 47.3 Å². The molecule has 0 amide bonds. The average Bonchev–Trinajstić information content (AvgIpc) is 2.84. The molecule has 1 aromatic carbocycles. The van der Waals surface area contributed by atoms with Crippen LogP contribution in [-0.2, 0) is 19.5 Å². The first-order valence-electron chi connectivity index (χ1n) is 7.09. The van der Waals surface area contributed by atoms with E-state index in [9.17, 15) is 0 Å². The van der Waals surface area contributed by atoms with E-state index in [4.69, 9.17) is 4.74 Å². The SMILES string of the molecule is CCn1ncc(CNCCc2ccc(OC)cc2)c1C. The number of benzene rings is 1. The molecule has 108 valence electrons. The lowest BCUT2D eigenvalue weighted by Crippen LogP contribution is -2.17. The molecule has 2 rings (SSSR count). The van der Waals surface area contributed by atoms with E-state index < -0.39 is 0 Å². The van der Waals surface area contributed by atoms with Gasteiger partial charge in [0.2, 0.25) is 0 Å². The highest BCUT2D eigenvalue weighted by atomic mass is 16.5. The minimum Gasteiger partial charge on any atom is -0.497 e. The lowest BCUT2D eigenvalue weighted by molar-refractivity contribution is 0.414. The molecule has 2 aromatic rings. The third-order valence-corrected chi connectivity index (χ3v) is 3.57. The summed E-state index contributed by atoms with van der Waals surface area (Å²) >= 11 is 0. The quantitative estimate of drug-likeness (QED) is 0.788. The number of aryl methyl sites for hydroxylation is 1. The van der Waals surface area contributed by atoms with E-state index in [1.165, 1.54) is 16.8 Å². The molecule has 1 N–H and O–H groups in total. The first kappa shape index (κ1) is 14.6. The lowest BCUT2D eigenvalue weighted by Gasteiger charge is -2.06. The number of rotatable bonds is 7. The maximum absolute atomic E-state index is 5.15. The fourth-order valence-corrected chi connectivity index (χ4v) is 2.23. The predicted molar refractivity (Wildman–Crippen MR) is 81.0 cm³/mol. The van der Waals surface area contributed by atoms with Crippen molar-refractivity contribution >= 4 is 0 Å². The smallest absolute Gasteiger partial charge is 0.118 e. The number of ether oxygens (including phenoxy) is 1. The van der Waals surface area contributed by atoms with E-state index in [1.54, 1.807) is 7.11 Å². The van der Waals surface area contributed by atoms with Crippen molar-refractivity contribution in [1.82, 2.24) is 15.1 Å². The highest BCUT2D eigenvalue weighted by molar-refractivity contribution is 5.27. The van der Waals surface area contributed by atoms with Crippen LogP contribution < -0.4 is 10.1 Å². The Hall–Kier alpha value is -1.81.